The van der Waals surface area contributed by atoms with Gasteiger partial charge in [0.1, 0.15) is 0 Å². The van der Waals surface area contributed by atoms with Crippen molar-refractivity contribution in [2.45, 2.75) is 51.0 Å². The predicted octanol–water partition coefficient (Wildman–Crippen LogP) is -3.49. The van der Waals surface area contributed by atoms with Crippen LogP contribution in [0.3, 0.4) is 0 Å². The summed E-state index contributed by atoms with van der Waals surface area (Å²) in [4.78, 5) is 107. The molecule has 0 aliphatic carbocycles. The molecule has 1 atom stereocenters. The van der Waals surface area contributed by atoms with E-state index in [2.05, 4.69) is 21.3 Å². The van der Waals surface area contributed by atoms with Crippen molar-refractivity contribution in [3.8, 4) is 0 Å². The van der Waals surface area contributed by atoms with Crippen LogP contribution in [0.15, 0.2) is 0 Å². The average Bonchev–Trinajstić information content (AvgIpc) is 3.18. The zero-order chi connectivity index (χ0) is 39.1. The Balaban J connectivity index is 1.67. The second-order valence-electron chi connectivity index (χ2n) is 13.1. The molecule has 0 radical (unpaired) electrons. The van der Waals surface area contributed by atoms with Crippen LogP contribution in [-0.4, -0.2) is 196 Å². The number of unbranched alkanes of at least 4 members (excludes halogenated alkanes) is 2. The van der Waals surface area contributed by atoms with Gasteiger partial charge in [-0.1, -0.05) is 0 Å². The smallest absolute Gasteiger partial charge is 0.303 e. The quantitative estimate of drug-likeness (QED) is 0.0673. The van der Waals surface area contributed by atoms with Gasteiger partial charge in [-0.05, 0) is 32.1 Å². The molecule has 0 spiro atoms. The SMILES string of the molecule is O=C(O)CCCCC(=O)NCCCC[C@@H](C(=O)NCC(=O)N1CCOCC1)N(CC(=O)NCC(=O)N1CCOCC1)CC(=O)NCC(=O)N1CCOCC1. The van der Waals surface area contributed by atoms with Gasteiger partial charge in [-0.2, -0.15) is 0 Å². The number of carbonyl (C=O) groups excluding carboxylic acids is 7. The van der Waals surface area contributed by atoms with Gasteiger partial charge in [-0.15, -0.1) is 0 Å². The minimum atomic E-state index is -1.09. The lowest BCUT2D eigenvalue weighted by Gasteiger charge is -2.31. The van der Waals surface area contributed by atoms with Crippen LogP contribution in [0.2, 0.25) is 0 Å². The van der Waals surface area contributed by atoms with Crippen molar-refractivity contribution in [1.29, 1.82) is 0 Å². The van der Waals surface area contributed by atoms with Crippen molar-refractivity contribution in [1.82, 2.24) is 40.9 Å². The number of carbonyl (C=O) groups is 8. The lowest BCUT2D eigenvalue weighted by Crippen LogP contribution is -2.55. The van der Waals surface area contributed by atoms with E-state index in [0.717, 1.165) is 0 Å². The summed E-state index contributed by atoms with van der Waals surface area (Å²) < 4.78 is 15.9. The Labute approximate surface area is 314 Å². The molecule has 0 unspecified atom stereocenters. The molecule has 3 rings (SSSR count). The topological polar surface area (TPSA) is 246 Å². The van der Waals surface area contributed by atoms with E-state index in [4.69, 9.17) is 19.3 Å². The first kappa shape index (κ1) is 44.0. The van der Waals surface area contributed by atoms with Gasteiger partial charge < -0.3 is 55.3 Å². The lowest BCUT2D eigenvalue weighted by molar-refractivity contribution is -0.139. The second kappa shape index (κ2) is 24.8. The number of nitrogens with zero attached hydrogens (tertiary/aromatic N) is 4. The number of hydrogen-bond donors (Lipinski definition) is 5. The van der Waals surface area contributed by atoms with Crippen molar-refractivity contribution in [2.75, 3.05) is 118 Å². The monoisotopic (exact) mass is 768 g/mol. The molecule has 7 amide bonds. The fraction of sp³-hybridized carbons (Fsp3) is 0.765. The van der Waals surface area contributed by atoms with Crippen molar-refractivity contribution in [3.05, 3.63) is 0 Å². The zero-order valence-corrected chi connectivity index (χ0v) is 31.0. The average molecular weight is 769 g/mol. The number of rotatable bonds is 22. The summed E-state index contributed by atoms with van der Waals surface area (Å²) in [6.07, 6.45) is 1.91. The van der Waals surface area contributed by atoms with Gasteiger partial charge in [0, 0.05) is 58.7 Å². The maximum Gasteiger partial charge on any atom is 0.303 e. The summed E-state index contributed by atoms with van der Waals surface area (Å²) in [5.41, 5.74) is 0. The van der Waals surface area contributed by atoms with Crippen molar-refractivity contribution in [2.24, 2.45) is 0 Å². The molecule has 3 saturated heterocycles. The Bertz CT molecular complexity index is 1220. The summed E-state index contributed by atoms with van der Waals surface area (Å²) in [5, 5.41) is 19.4. The molecule has 3 heterocycles. The molecule has 0 aromatic rings. The Morgan fingerprint density at radius 1 is 0.537 bits per heavy atom. The molecular weight excluding hydrogens is 712 g/mol. The number of carboxylic acids is 1. The van der Waals surface area contributed by atoms with Crippen molar-refractivity contribution >= 4 is 47.3 Å². The van der Waals surface area contributed by atoms with Crippen LogP contribution in [-0.2, 0) is 52.6 Å². The van der Waals surface area contributed by atoms with E-state index in [1.165, 1.54) is 4.90 Å². The number of carboxylic acid groups (broad SMARTS) is 1. The Hall–Kier alpha value is -4.40. The van der Waals surface area contributed by atoms with Gasteiger partial charge in [0.25, 0.3) is 0 Å². The third kappa shape index (κ3) is 17.2. The summed E-state index contributed by atoms with van der Waals surface area (Å²) in [7, 11) is 0. The summed E-state index contributed by atoms with van der Waals surface area (Å²) in [6, 6.07) is -1.09. The molecule has 0 aromatic carbocycles. The van der Waals surface area contributed by atoms with E-state index in [1.807, 2.05) is 0 Å². The van der Waals surface area contributed by atoms with Gasteiger partial charge in [-0.3, -0.25) is 43.3 Å². The number of ether oxygens (including phenoxy) is 3. The minimum absolute atomic E-state index is 0.0182. The van der Waals surface area contributed by atoms with Crippen LogP contribution in [0, 0.1) is 0 Å². The number of amides is 7. The molecule has 0 saturated carbocycles. The Morgan fingerprint density at radius 3 is 1.41 bits per heavy atom. The van der Waals surface area contributed by atoms with E-state index in [0.29, 0.717) is 105 Å². The van der Waals surface area contributed by atoms with E-state index in [1.54, 1.807) is 14.7 Å². The fourth-order valence-corrected chi connectivity index (χ4v) is 5.98. The summed E-state index contributed by atoms with van der Waals surface area (Å²) in [6.45, 7) is 3.06. The van der Waals surface area contributed by atoms with Crippen LogP contribution >= 0.6 is 0 Å². The van der Waals surface area contributed by atoms with Crippen LogP contribution in [0.5, 0.6) is 0 Å². The lowest BCUT2D eigenvalue weighted by atomic mass is 10.1. The fourth-order valence-electron chi connectivity index (χ4n) is 5.98. The largest absolute Gasteiger partial charge is 0.481 e. The van der Waals surface area contributed by atoms with Crippen molar-refractivity contribution < 1.29 is 57.7 Å². The first-order valence-corrected chi connectivity index (χ1v) is 18.6. The molecule has 5 N–H and O–H groups in total. The molecule has 304 valence electrons. The van der Waals surface area contributed by atoms with Gasteiger partial charge in [0.05, 0.1) is 78.4 Å². The van der Waals surface area contributed by atoms with Crippen molar-refractivity contribution in [3.63, 3.8) is 0 Å². The molecule has 20 nitrogen and oxygen atoms in total. The van der Waals surface area contributed by atoms with Gasteiger partial charge in [0.15, 0.2) is 0 Å². The number of nitrogens with one attached hydrogen (secondary N) is 4. The molecule has 54 heavy (non-hydrogen) atoms. The molecule has 3 fully saturated rings. The minimum Gasteiger partial charge on any atom is -0.481 e. The molecule has 3 aliphatic heterocycles. The third-order valence-electron chi connectivity index (χ3n) is 9.09. The molecule has 0 bridgehead atoms. The highest BCUT2D eigenvalue weighted by Gasteiger charge is 2.31. The number of aliphatic carboxylic acids is 1. The standard InChI is InChI=1S/C34H56N8O12/c43-27(6-1-2-7-33(49)50)35-8-4-3-5-26(34(51)38-23-32(48)41-13-19-54-20-14-41)42(24-28(44)36-21-30(46)39-9-15-52-16-10-39)25-29(45)37-22-31(47)40-11-17-53-18-12-40/h26H,1-25H2,(H,35,43)(H,36,44)(H,37,45)(H,38,51)(H,49,50)/t26-/m0/s1. The highest BCUT2D eigenvalue weighted by molar-refractivity contribution is 5.91. The molecule has 0 aromatic heterocycles. The van der Waals surface area contributed by atoms with E-state index in [-0.39, 0.29) is 69.1 Å². The number of hydrogen-bond acceptors (Lipinski definition) is 12. The normalized spacial score (nSPS) is 16.6. The highest BCUT2D eigenvalue weighted by atomic mass is 16.5. The molecular formula is C34H56N8O12. The first-order chi connectivity index (χ1) is 26.0. The Morgan fingerprint density at radius 2 is 0.963 bits per heavy atom. The van der Waals surface area contributed by atoms with Gasteiger partial charge >= 0.3 is 5.97 Å². The van der Waals surface area contributed by atoms with E-state index in [9.17, 15) is 38.4 Å². The maximum atomic E-state index is 13.8. The van der Waals surface area contributed by atoms with Crippen LogP contribution in [0.25, 0.3) is 0 Å². The second-order valence-corrected chi connectivity index (χ2v) is 13.1. The summed E-state index contributed by atoms with van der Waals surface area (Å²) in [5.74, 6) is -3.93. The van der Waals surface area contributed by atoms with Gasteiger partial charge in [-0.25, -0.2) is 0 Å². The Kier molecular flexibility index (Phi) is 20.2. The molecule has 20 heteroatoms. The summed E-state index contributed by atoms with van der Waals surface area (Å²) >= 11 is 0. The van der Waals surface area contributed by atoms with Crippen LogP contribution < -0.4 is 21.3 Å². The molecule has 3 aliphatic rings. The zero-order valence-electron chi connectivity index (χ0n) is 31.0. The third-order valence-corrected chi connectivity index (χ3v) is 9.09. The highest BCUT2D eigenvalue weighted by Crippen LogP contribution is 2.11. The van der Waals surface area contributed by atoms with Crippen LogP contribution in [0.4, 0.5) is 0 Å². The van der Waals surface area contributed by atoms with Gasteiger partial charge in [0.2, 0.25) is 41.4 Å². The van der Waals surface area contributed by atoms with Crippen LogP contribution in [0.1, 0.15) is 44.9 Å². The van der Waals surface area contributed by atoms with E-state index < -0.39 is 42.8 Å². The first-order valence-electron chi connectivity index (χ1n) is 18.6. The maximum absolute atomic E-state index is 13.8. The van der Waals surface area contributed by atoms with E-state index >= 15 is 0 Å². The number of morpholine rings is 3. The predicted molar refractivity (Wildman–Crippen MR) is 190 cm³/mol.